The summed E-state index contributed by atoms with van der Waals surface area (Å²) >= 11 is 6.24. The van der Waals surface area contributed by atoms with Crippen LogP contribution >= 0.6 is 11.6 Å². The Kier molecular flexibility index (Phi) is 2.68. The molecule has 0 atom stereocenters. The molecule has 3 aromatic rings. The number of nitrogen functional groups attached to an aromatic ring is 1. The first kappa shape index (κ1) is 12.0. The predicted octanol–water partition coefficient (Wildman–Crippen LogP) is 3.71. The minimum absolute atomic E-state index is 0.284. The molecule has 0 fully saturated rings. The average molecular weight is 276 g/mol. The lowest BCUT2D eigenvalue weighted by Gasteiger charge is -2.09. The molecule has 0 aliphatic heterocycles. The van der Waals surface area contributed by atoms with Crippen molar-refractivity contribution in [1.29, 1.82) is 0 Å². The summed E-state index contributed by atoms with van der Waals surface area (Å²) in [6, 6.07) is 9.96. The SMILES string of the molecule is Cc1ccc(-n2c(N)nc3ccc(F)cc32)c(Cl)c1. The Morgan fingerprint density at radius 2 is 2.00 bits per heavy atom. The van der Waals surface area contributed by atoms with Gasteiger partial charge in [0.05, 0.1) is 21.7 Å². The fourth-order valence-corrected chi connectivity index (χ4v) is 2.43. The Morgan fingerprint density at radius 1 is 1.21 bits per heavy atom. The summed E-state index contributed by atoms with van der Waals surface area (Å²) in [5.41, 5.74) is 8.88. The van der Waals surface area contributed by atoms with Crippen molar-refractivity contribution in [1.82, 2.24) is 9.55 Å². The first-order valence-corrected chi connectivity index (χ1v) is 6.14. The highest BCUT2D eigenvalue weighted by molar-refractivity contribution is 6.32. The maximum atomic E-state index is 13.4. The number of imidazole rings is 1. The second kappa shape index (κ2) is 4.24. The van der Waals surface area contributed by atoms with E-state index in [1.807, 2.05) is 25.1 Å². The third kappa shape index (κ3) is 1.94. The van der Waals surface area contributed by atoms with Gasteiger partial charge in [-0.25, -0.2) is 9.37 Å². The van der Waals surface area contributed by atoms with Crippen LogP contribution in [0.4, 0.5) is 10.3 Å². The highest BCUT2D eigenvalue weighted by atomic mass is 35.5. The number of anilines is 1. The van der Waals surface area contributed by atoms with Gasteiger partial charge < -0.3 is 5.73 Å². The number of nitrogens with two attached hydrogens (primary N) is 1. The van der Waals surface area contributed by atoms with Gasteiger partial charge in [0, 0.05) is 6.07 Å². The number of hydrogen-bond acceptors (Lipinski definition) is 2. The van der Waals surface area contributed by atoms with Crippen molar-refractivity contribution < 1.29 is 4.39 Å². The molecule has 19 heavy (non-hydrogen) atoms. The van der Waals surface area contributed by atoms with E-state index < -0.39 is 0 Å². The van der Waals surface area contributed by atoms with Crippen LogP contribution in [0.2, 0.25) is 5.02 Å². The van der Waals surface area contributed by atoms with E-state index in [0.29, 0.717) is 21.7 Å². The summed E-state index contributed by atoms with van der Waals surface area (Å²) in [6.07, 6.45) is 0. The van der Waals surface area contributed by atoms with E-state index in [1.54, 1.807) is 10.6 Å². The zero-order valence-corrected chi connectivity index (χ0v) is 10.9. The standard InChI is InChI=1S/C14H11ClFN3/c1-8-2-5-12(10(15)6-8)19-13-7-9(16)3-4-11(13)18-14(19)17/h2-7H,1H3,(H2,17,18). The Bertz CT molecular complexity index is 780. The molecule has 0 saturated carbocycles. The molecule has 0 bridgehead atoms. The largest absolute Gasteiger partial charge is 0.369 e. The molecule has 5 heteroatoms. The third-order valence-electron chi connectivity index (χ3n) is 2.99. The lowest BCUT2D eigenvalue weighted by atomic mass is 10.2. The maximum absolute atomic E-state index is 13.4. The highest BCUT2D eigenvalue weighted by Crippen LogP contribution is 2.29. The number of rotatable bonds is 1. The van der Waals surface area contributed by atoms with Gasteiger partial charge in [-0.2, -0.15) is 0 Å². The molecule has 2 aromatic carbocycles. The third-order valence-corrected chi connectivity index (χ3v) is 3.29. The molecule has 1 heterocycles. The smallest absolute Gasteiger partial charge is 0.205 e. The molecule has 96 valence electrons. The van der Waals surface area contributed by atoms with Crippen LogP contribution in [0.5, 0.6) is 0 Å². The van der Waals surface area contributed by atoms with E-state index in [2.05, 4.69) is 4.98 Å². The number of hydrogen-bond donors (Lipinski definition) is 1. The zero-order valence-electron chi connectivity index (χ0n) is 10.2. The van der Waals surface area contributed by atoms with Crippen LogP contribution in [0, 0.1) is 12.7 Å². The van der Waals surface area contributed by atoms with E-state index in [1.165, 1.54) is 12.1 Å². The van der Waals surface area contributed by atoms with E-state index in [-0.39, 0.29) is 11.8 Å². The van der Waals surface area contributed by atoms with Crippen LogP contribution in [0.1, 0.15) is 5.56 Å². The molecule has 1 aromatic heterocycles. The molecule has 0 aliphatic carbocycles. The lowest BCUT2D eigenvalue weighted by molar-refractivity contribution is 0.629. The van der Waals surface area contributed by atoms with Crippen LogP contribution in [-0.2, 0) is 0 Å². The average Bonchev–Trinajstić information content (AvgIpc) is 2.65. The zero-order chi connectivity index (χ0) is 13.6. The van der Waals surface area contributed by atoms with Crippen molar-refractivity contribution in [2.24, 2.45) is 0 Å². The molecule has 0 unspecified atom stereocenters. The quantitative estimate of drug-likeness (QED) is 0.736. The summed E-state index contributed by atoms with van der Waals surface area (Å²) in [4.78, 5) is 4.21. The number of nitrogens with zero attached hydrogens (tertiary/aromatic N) is 2. The molecular weight excluding hydrogens is 265 g/mol. The van der Waals surface area contributed by atoms with Gasteiger partial charge in [0.1, 0.15) is 5.82 Å². The molecular formula is C14H11ClFN3. The summed E-state index contributed by atoms with van der Waals surface area (Å²) in [5, 5.41) is 0.551. The van der Waals surface area contributed by atoms with Crippen molar-refractivity contribution in [3.63, 3.8) is 0 Å². The van der Waals surface area contributed by atoms with Crippen LogP contribution in [0.3, 0.4) is 0 Å². The van der Waals surface area contributed by atoms with Gasteiger partial charge >= 0.3 is 0 Å². The Labute approximate surface area is 114 Å². The summed E-state index contributed by atoms with van der Waals surface area (Å²) in [5.74, 6) is -0.0526. The van der Waals surface area contributed by atoms with Gasteiger partial charge in [0.2, 0.25) is 5.95 Å². The lowest BCUT2D eigenvalue weighted by Crippen LogP contribution is -2.01. The van der Waals surface area contributed by atoms with Crippen molar-refractivity contribution in [3.8, 4) is 5.69 Å². The molecule has 0 aliphatic rings. The molecule has 3 nitrogen and oxygen atoms in total. The van der Waals surface area contributed by atoms with Crippen LogP contribution in [0.15, 0.2) is 36.4 Å². The molecule has 0 spiro atoms. The fraction of sp³-hybridized carbons (Fsp3) is 0.0714. The first-order chi connectivity index (χ1) is 9.06. The molecule has 3 rings (SSSR count). The van der Waals surface area contributed by atoms with E-state index >= 15 is 0 Å². The van der Waals surface area contributed by atoms with Gasteiger partial charge in [-0.15, -0.1) is 0 Å². The van der Waals surface area contributed by atoms with Crippen molar-refractivity contribution >= 4 is 28.6 Å². The van der Waals surface area contributed by atoms with Gasteiger partial charge in [0.25, 0.3) is 0 Å². The Morgan fingerprint density at radius 3 is 2.74 bits per heavy atom. The number of halogens is 2. The second-order valence-electron chi connectivity index (χ2n) is 4.39. The number of benzene rings is 2. The second-order valence-corrected chi connectivity index (χ2v) is 4.80. The number of aryl methyl sites for hydroxylation is 1. The van der Waals surface area contributed by atoms with Gasteiger partial charge in [-0.1, -0.05) is 17.7 Å². The summed E-state index contributed by atoms with van der Waals surface area (Å²) in [6.45, 7) is 1.95. The Hall–Kier alpha value is -2.07. The fourth-order valence-electron chi connectivity index (χ4n) is 2.11. The van der Waals surface area contributed by atoms with Gasteiger partial charge in [-0.3, -0.25) is 4.57 Å². The summed E-state index contributed by atoms with van der Waals surface area (Å²) in [7, 11) is 0. The van der Waals surface area contributed by atoms with Crippen molar-refractivity contribution in [3.05, 3.63) is 52.8 Å². The molecule has 0 saturated heterocycles. The minimum Gasteiger partial charge on any atom is -0.369 e. The number of aromatic nitrogens is 2. The van der Waals surface area contributed by atoms with Crippen LogP contribution in [-0.4, -0.2) is 9.55 Å². The Balaban J connectivity index is 2.35. The van der Waals surface area contributed by atoms with Gasteiger partial charge in [0.15, 0.2) is 0 Å². The molecule has 0 amide bonds. The first-order valence-electron chi connectivity index (χ1n) is 5.76. The van der Waals surface area contributed by atoms with E-state index in [0.717, 1.165) is 5.56 Å². The maximum Gasteiger partial charge on any atom is 0.205 e. The molecule has 0 radical (unpaired) electrons. The van der Waals surface area contributed by atoms with Gasteiger partial charge in [-0.05, 0) is 36.8 Å². The van der Waals surface area contributed by atoms with E-state index in [9.17, 15) is 4.39 Å². The van der Waals surface area contributed by atoms with E-state index in [4.69, 9.17) is 17.3 Å². The normalized spacial score (nSPS) is 11.1. The predicted molar refractivity (Wildman–Crippen MR) is 75.2 cm³/mol. The number of fused-ring (bicyclic) bond motifs is 1. The van der Waals surface area contributed by atoms with Crippen LogP contribution < -0.4 is 5.73 Å². The van der Waals surface area contributed by atoms with Crippen molar-refractivity contribution in [2.75, 3.05) is 5.73 Å². The highest BCUT2D eigenvalue weighted by Gasteiger charge is 2.13. The monoisotopic (exact) mass is 275 g/mol. The molecule has 2 N–H and O–H groups in total. The van der Waals surface area contributed by atoms with Crippen LogP contribution in [0.25, 0.3) is 16.7 Å². The summed E-state index contributed by atoms with van der Waals surface area (Å²) < 4.78 is 15.0. The van der Waals surface area contributed by atoms with Crippen molar-refractivity contribution in [2.45, 2.75) is 6.92 Å². The topological polar surface area (TPSA) is 43.8 Å². The minimum atomic E-state index is -0.336.